The number of ether oxygens (including phenoxy) is 1. The van der Waals surface area contributed by atoms with Gasteiger partial charge in [0.25, 0.3) is 5.91 Å². The fourth-order valence-corrected chi connectivity index (χ4v) is 2.19. The first-order valence-electron chi connectivity index (χ1n) is 6.75. The minimum absolute atomic E-state index is 0.0581. The van der Waals surface area contributed by atoms with E-state index in [1.165, 1.54) is 0 Å². The zero-order valence-corrected chi connectivity index (χ0v) is 11.3. The molecule has 1 amide bonds. The van der Waals surface area contributed by atoms with Crippen LogP contribution in [0.2, 0.25) is 0 Å². The van der Waals surface area contributed by atoms with Gasteiger partial charge in [0.05, 0.1) is 6.10 Å². The summed E-state index contributed by atoms with van der Waals surface area (Å²) >= 11 is 0. The topological polar surface area (TPSA) is 81.6 Å². The largest absolute Gasteiger partial charge is 0.378 e. The van der Waals surface area contributed by atoms with Crippen molar-refractivity contribution in [3.63, 3.8) is 0 Å². The van der Waals surface area contributed by atoms with E-state index in [-0.39, 0.29) is 12.0 Å². The first-order valence-corrected chi connectivity index (χ1v) is 6.75. The molecule has 1 aliphatic rings. The number of amides is 1. The Balaban J connectivity index is 1.78. The van der Waals surface area contributed by atoms with E-state index in [9.17, 15) is 4.79 Å². The van der Waals surface area contributed by atoms with Crippen LogP contribution in [0.15, 0.2) is 10.6 Å². The average Bonchev–Trinajstić information content (AvgIpc) is 2.86. The second-order valence-corrected chi connectivity index (χ2v) is 4.83. The summed E-state index contributed by atoms with van der Waals surface area (Å²) in [5, 5.41) is 3.76. The number of rotatable bonds is 5. The van der Waals surface area contributed by atoms with Gasteiger partial charge < -0.3 is 19.9 Å². The van der Waals surface area contributed by atoms with Crippen molar-refractivity contribution in [1.82, 2.24) is 10.1 Å². The summed E-state index contributed by atoms with van der Waals surface area (Å²) in [6.07, 6.45) is 2.87. The van der Waals surface area contributed by atoms with Gasteiger partial charge in [-0.25, -0.2) is 0 Å². The second kappa shape index (κ2) is 6.68. The molecule has 106 valence electrons. The number of hydrogen-bond donors (Lipinski definition) is 1. The normalized spacial score (nSPS) is 16.8. The average molecular weight is 267 g/mol. The molecule has 0 spiro atoms. The molecule has 1 fully saturated rings. The fraction of sp³-hybridized carbons (Fsp3) is 0.692. The third kappa shape index (κ3) is 3.78. The SMILES string of the molecule is Cc1cc(C(=O)N2CCC(OCCCN)CC2)no1. The minimum Gasteiger partial charge on any atom is -0.378 e. The monoisotopic (exact) mass is 267 g/mol. The van der Waals surface area contributed by atoms with Crippen LogP contribution in [0.5, 0.6) is 0 Å². The molecule has 0 radical (unpaired) electrons. The van der Waals surface area contributed by atoms with E-state index < -0.39 is 0 Å². The molecule has 2 N–H and O–H groups in total. The Morgan fingerprint density at radius 3 is 2.89 bits per heavy atom. The van der Waals surface area contributed by atoms with Crippen molar-refractivity contribution in [1.29, 1.82) is 0 Å². The predicted molar refractivity (Wildman–Crippen MR) is 69.8 cm³/mol. The molecule has 0 atom stereocenters. The molecule has 6 nitrogen and oxygen atoms in total. The Morgan fingerprint density at radius 2 is 2.32 bits per heavy atom. The van der Waals surface area contributed by atoms with Crippen LogP contribution in [0, 0.1) is 6.92 Å². The van der Waals surface area contributed by atoms with E-state index in [4.69, 9.17) is 15.0 Å². The van der Waals surface area contributed by atoms with Gasteiger partial charge in [0, 0.05) is 25.8 Å². The lowest BCUT2D eigenvalue weighted by Gasteiger charge is -2.31. The molecule has 0 aromatic carbocycles. The molecule has 0 bridgehead atoms. The molecule has 0 saturated carbocycles. The summed E-state index contributed by atoms with van der Waals surface area (Å²) in [5.74, 6) is 0.598. The highest BCUT2D eigenvalue weighted by atomic mass is 16.5. The lowest BCUT2D eigenvalue weighted by molar-refractivity contribution is 0.00820. The molecule has 19 heavy (non-hydrogen) atoms. The summed E-state index contributed by atoms with van der Waals surface area (Å²) in [7, 11) is 0. The number of piperidine rings is 1. The van der Waals surface area contributed by atoms with Crippen molar-refractivity contribution in [3.8, 4) is 0 Å². The molecule has 1 saturated heterocycles. The van der Waals surface area contributed by atoms with Crippen LogP contribution in [0.1, 0.15) is 35.5 Å². The third-order valence-corrected chi connectivity index (χ3v) is 3.28. The lowest BCUT2D eigenvalue weighted by Crippen LogP contribution is -2.41. The lowest BCUT2D eigenvalue weighted by atomic mass is 10.1. The third-order valence-electron chi connectivity index (χ3n) is 3.28. The number of aromatic nitrogens is 1. The summed E-state index contributed by atoms with van der Waals surface area (Å²) in [6.45, 7) is 4.55. The number of hydrogen-bond acceptors (Lipinski definition) is 5. The van der Waals surface area contributed by atoms with Gasteiger partial charge in [-0.1, -0.05) is 5.16 Å². The molecule has 0 unspecified atom stereocenters. The van der Waals surface area contributed by atoms with E-state index in [0.717, 1.165) is 19.3 Å². The standard InChI is InChI=1S/C13H21N3O3/c1-10-9-12(15-19-10)13(17)16-6-3-11(4-7-16)18-8-2-5-14/h9,11H,2-8,14H2,1H3. The van der Waals surface area contributed by atoms with Crippen LogP contribution in [0.3, 0.4) is 0 Å². The van der Waals surface area contributed by atoms with Crippen LogP contribution >= 0.6 is 0 Å². The second-order valence-electron chi connectivity index (χ2n) is 4.83. The Labute approximate surface area is 112 Å². The van der Waals surface area contributed by atoms with Crippen molar-refractivity contribution in [2.75, 3.05) is 26.2 Å². The molecule has 2 rings (SSSR count). The quantitative estimate of drug-likeness (QED) is 0.803. The van der Waals surface area contributed by atoms with Gasteiger partial charge in [0.2, 0.25) is 0 Å². The van der Waals surface area contributed by atoms with Crippen molar-refractivity contribution in [2.24, 2.45) is 5.73 Å². The highest BCUT2D eigenvalue weighted by Gasteiger charge is 2.25. The molecular formula is C13H21N3O3. The Hall–Kier alpha value is -1.40. The number of likely N-dealkylation sites (tertiary alicyclic amines) is 1. The van der Waals surface area contributed by atoms with Crippen molar-refractivity contribution in [2.45, 2.75) is 32.3 Å². The maximum Gasteiger partial charge on any atom is 0.276 e. The summed E-state index contributed by atoms with van der Waals surface area (Å²) in [6, 6.07) is 1.67. The molecule has 0 aliphatic carbocycles. The van der Waals surface area contributed by atoms with E-state index in [1.807, 2.05) is 0 Å². The summed E-state index contributed by atoms with van der Waals surface area (Å²) in [5.41, 5.74) is 5.81. The van der Waals surface area contributed by atoms with E-state index in [0.29, 0.717) is 37.7 Å². The Morgan fingerprint density at radius 1 is 1.58 bits per heavy atom. The molecule has 1 aromatic rings. The highest BCUT2D eigenvalue weighted by molar-refractivity contribution is 5.92. The fourth-order valence-electron chi connectivity index (χ4n) is 2.19. The first-order chi connectivity index (χ1) is 9.20. The van der Waals surface area contributed by atoms with Crippen LogP contribution in [0.25, 0.3) is 0 Å². The number of carbonyl (C=O) groups is 1. The predicted octanol–water partition coefficient (Wildman–Crippen LogP) is 0.953. The van der Waals surface area contributed by atoms with Gasteiger partial charge in [-0.2, -0.15) is 0 Å². The molecule has 1 aliphatic heterocycles. The maximum absolute atomic E-state index is 12.1. The van der Waals surface area contributed by atoms with Crippen molar-refractivity contribution < 1.29 is 14.1 Å². The van der Waals surface area contributed by atoms with Gasteiger partial charge in [0.1, 0.15) is 5.76 Å². The van der Waals surface area contributed by atoms with E-state index in [1.54, 1.807) is 17.9 Å². The number of nitrogens with two attached hydrogens (primary N) is 1. The molecule has 6 heteroatoms. The van der Waals surface area contributed by atoms with Crippen molar-refractivity contribution in [3.05, 3.63) is 17.5 Å². The van der Waals surface area contributed by atoms with E-state index >= 15 is 0 Å². The Kier molecular flexibility index (Phi) is 4.93. The van der Waals surface area contributed by atoms with E-state index in [2.05, 4.69) is 5.16 Å². The van der Waals surface area contributed by atoms with Gasteiger partial charge in [-0.3, -0.25) is 4.79 Å². The first kappa shape index (κ1) is 14.0. The maximum atomic E-state index is 12.1. The van der Waals surface area contributed by atoms with Crippen LogP contribution < -0.4 is 5.73 Å². The van der Waals surface area contributed by atoms with Crippen molar-refractivity contribution >= 4 is 5.91 Å². The summed E-state index contributed by atoms with van der Waals surface area (Å²) < 4.78 is 10.6. The van der Waals surface area contributed by atoms with Crippen LogP contribution in [0.4, 0.5) is 0 Å². The zero-order valence-electron chi connectivity index (χ0n) is 11.3. The number of carbonyl (C=O) groups excluding carboxylic acids is 1. The van der Waals surface area contributed by atoms with Gasteiger partial charge in [-0.15, -0.1) is 0 Å². The molecule has 1 aromatic heterocycles. The number of aryl methyl sites for hydroxylation is 1. The smallest absolute Gasteiger partial charge is 0.276 e. The van der Waals surface area contributed by atoms with Gasteiger partial charge in [-0.05, 0) is 32.7 Å². The van der Waals surface area contributed by atoms with Crippen LogP contribution in [-0.4, -0.2) is 48.3 Å². The summed E-state index contributed by atoms with van der Waals surface area (Å²) in [4.78, 5) is 13.9. The minimum atomic E-state index is -0.0581. The highest BCUT2D eigenvalue weighted by Crippen LogP contribution is 2.16. The molecular weight excluding hydrogens is 246 g/mol. The Bertz CT molecular complexity index is 411. The molecule has 2 heterocycles. The zero-order chi connectivity index (χ0) is 13.7. The number of nitrogens with zero attached hydrogens (tertiary/aromatic N) is 2. The van der Waals surface area contributed by atoms with Gasteiger partial charge >= 0.3 is 0 Å². The van der Waals surface area contributed by atoms with Gasteiger partial charge in [0.15, 0.2) is 5.69 Å². The van der Waals surface area contributed by atoms with Crippen LogP contribution in [-0.2, 0) is 4.74 Å².